The van der Waals surface area contributed by atoms with E-state index in [1.807, 2.05) is 33.8 Å². The number of pyridine rings is 1. The van der Waals surface area contributed by atoms with Crippen LogP contribution in [0.2, 0.25) is 0 Å². The van der Waals surface area contributed by atoms with Crippen molar-refractivity contribution in [3.05, 3.63) is 36.3 Å². The minimum Gasteiger partial charge on any atom is -0.338 e. The Morgan fingerprint density at radius 2 is 2.04 bits per heavy atom. The number of aromatic nitrogens is 2. The third-order valence-electron chi connectivity index (χ3n) is 5.94. The van der Waals surface area contributed by atoms with E-state index in [9.17, 15) is 9.59 Å². The zero-order valence-corrected chi connectivity index (χ0v) is 14.2. The first-order chi connectivity index (χ1) is 12.2. The number of hydrogen-bond donors (Lipinski definition) is 0. The second kappa shape index (κ2) is 5.58. The highest BCUT2D eigenvalue weighted by atomic mass is 16.2. The molecule has 2 amide bonds. The topological polar surface area (TPSA) is 57.9 Å². The molecule has 6 nitrogen and oxygen atoms in total. The second-order valence-electron chi connectivity index (χ2n) is 7.55. The predicted molar refractivity (Wildman–Crippen MR) is 92.1 cm³/mol. The van der Waals surface area contributed by atoms with Crippen LogP contribution in [-0.2, 0) is 4.79 Å². The fourth-order valence-corrected chi connectivity index (χ4v) is 4.53. The van der Waals surface area contributed by atoms with Gasteiger partial charge in [0.25, 0.3) is 5.91 Å². The van der Waals surface area contributed by atoms with E-state index in [2.05, 4.69) is 9.88 Å². The lowest BCUT2D eigenvalue weighted by Crippen LogP contribution is -2.57. The van der Waals surface area contributed by atoms with Crippen molar-refractivity contribution in [2.75, 3.05) is 13.1 Å². The number of hydrogen-bond acceptors (Lipinski definition) is 3. The van der Waals surface area contributed by atoms with Gasteiger partial charge in [-0.05, 0) is 43.7 Å². The number of carbonyl (C=O) groups excluding carboxylic acids is 2. The molecule has 5 rings (SSSR count). The Hall–Kier alpha value is -2.37. The smallest absolute Gasteiger partial charge is 0.254 e. The van der Waals surface area contributed by atoms with Gasteiger partial charge in [0.2, 0.25) is 5.91 Å². The van der Waals surface area contributed by atoms with Crippen molar-refractivity contribution in [1.82, 2.24) is 19.2 Å². The summed E-state index contributed by atoms with van der Waals surface area (Å²) in [5.41, 5.74) is 1.49. The lowest BCUT2D eigenvalue weighted by molar-refractivity contribution is -0.141. The molecule has 0 N–H and O–H groups in total. The molecule has 2 aromatic heterocycles. The lowest BCUT2D eigenvalue weighted by atomic mass is 9.83. The molecule has 2 atom stereocenters. The van der Waals surface area contributed by atoms with Crippen LogP contribution in [-0.4, -0.2) is 56.2 Å². The molecule has 25 heavy (non-hydrogen) atoms. The number of carbonyl (C=O) groups is 2. The second-order valence-corrected chi connectivity index (χ2v) is 7.55. The van der Waals surface area contributed by atoms with E-state index in [4.69, 9.17) is 0 Å². The van der Waals surface area contributed by atoms with Crippen molar-refractivity contribution < 1.29 is 9.59 Å². The summed E-state index contributed by atoms with van der Waals surface area (Å²) >= 11 is 0. The number of nitrogens with zero attached hydrogens (tertiary/aromatic N) is 4. The molecule has 2 aromatic rings. The van der Waals surface area contributed by atoms with Crippen LogP contribution in [0.25, 0.3) is 5.65 Å². The van der Waals surface area contributed by atoms with Gasteiger partial charge >= 0.3 is 0 Å². The summed E-state index contributed by atoms with van der Waals surface area (Å²) in [6.07, 6.45) is 10.3. The van der Waals surface area contributed by atoms with E-state index in [1.165, 1.54) is 0 Å². The highest BCUT2D eigenvalue weighted by Crippen LogP contribution is 2.39. The van der Waals surface area contributed by atoms with Crippen LogP contribution in [0.5, 0.6) is 0 Å². The van der Waals surface area contributed by atoms with Crippen molar-refractivity contribution in [2.24, 2.45) is 5.92 Å². The SMILES string of the molecule is O=C(c1ccn2ccnc2c1)N1CC[C@@H]2[C@@H](CCC(=O)N2C2CC2)C1. The quantitative estimate of drug-likeness (QED) is 0.841. The molecular weight excluding hydrogens is 316 g/mol. The first-order valence-electron chi connectivity index (χ1n) is 9.24. The first-order valence-corrected chi connectivity index (χ1v) is 9.24. The Morgan fingerprint density at radius 1 is 1.16 bits per heavy atom. The van der Waals surface area contributed by atoms with E-state index < -0.39 is 0 Å². The van der Waals surface area contributed by atoms with Crippen molar-refractivity contribution in [3.63, 3.8) is 0 Å². The summed E-state index contributed by atoms with van der Waals surface area (Å²) in [7, 11) is 0. The molecule has 6 heteroatoms. The normalized spacial score (nSPS) is 26.8. The Bertz CT molecular complexity index is 841. The molecular formula is C19H22N4O2. The minimum absolute atomic E-state index is 0.0822. The molecule has 4 heterocycles. The molecule has 0 unspecified atom stereocenters. The van der Waals surface area contributed by atoms with Crippen molar-refractivity contribution in [3.8, 4) is 0 Å². The van der Waals surface area contributed by atoms with Gasteiger partial charge in [0, 0.05) is 55.7 Å². The Balaban J connectivity index is 1.34. The fraction of sp³-hybridized carbons (Fsp3) is 0.526. The summed E-state index contributed by atoms with van der Waals surface area (Å²) in [5, 5.41) is 0. The maximum absolute atomic E-state index is 12.9. The van der Waals surface area contributed by atoms with Crippen LogP contribution >= 0.6 is 0 Å². The Labute approximate surface area is 146 Å². The van der Waals surface area contributed by atoms with Crippen LogP contribution in [0.1, 0.15) is 42.5 Å². The minimum atomic E-state index is 0.0822. The van der Waals surface area contributed by atoms with Gasteiger partial charge in [-0.2, -0.15) is 0 Å². The Kier molecular flexibility index (Phi) is 3.33. The maximum atomic E-state index is 12.9. The van der Waals surface area contributed by atoms with Gasteiger partial charge in [-0.15, -0.1) is 0 Å². The molecule has 3 fully saturated rings. The number of imidazole rings is 1. The van der Waals surface area contributed by atoms with E-state index in [1.54, 1.807) is 6.20 Å². The monoisotopic (exact) mass is 338 g/mol. The van der Waals surface area contributed by atoms with E-state index in [0.29, 0.717) is 35.9 Å². The van der Waals surface area contributed by atoms with Crippen LogP contribution in [0, 0.1) is 5.92 Å². The van der Waals surface area contributed by atoms with Gasteiger partial charge in [0.05, 0.1) is 0 Å². The van der Waals surface area contributed by atoms with Crippen LogP contribution in [0.15, 0.2) is 30.7 Å². The lowest BCUT2D eigenvalue weighted by Gasteiger charge is -2.47. The molecule has 0 aromatic carbocycles. The predicted octanol–water partition coefficient (Wildman–Crippen LogP) is 1.95. The summed E-state index contributed by atoms with van der Waals surface area (Å²) in [6, 6.07) is 4.54. The molecule has 3 aliphatic rings. The van der Waals surface area contributed by atoms with E-state index in [-0.39, 0.29) is 5.91 Å². The molecule has 130 valence electrons. The number of piperidine rings is 2. The molecule has 0 bridgehead atoms. The van der Waals surface area contributed by atoms with Crippen molar-refractivity contribution in [2.45, 2.75) is 44.2 Å². The first kappa shape index (κ1) is 14.9. The van der Waals surface area contributed by atoms with E-state index in [0.717, 1.165) is 44.4 Å². The number of amides is 2. The van der Waals surface area contributed by atoms with E-state index >= 15 is 0 Å². The molecule has 2 saturated heterocycles. The zero-order chi connectivity index (χ0) is 17.0. The van der Waals surface area contributed by atoms with Gasteiger partial charge in [-0.25, -0.2) is 4.98 Å². The number of likely N-dealkylation sites (tertiary alicyclic amines) is 2. The molecule has 2 aliphatic heterocycles. The summed E-state index contributed by atoms with van der Waals surface area (Å²) in [4.78, 5) is 33.6. The average molecular weight is 338 g/mol. The molecule has 1 saturated carbocycles. The Morgan fingerprint density at radius 3 is 2.88 bits per heavy atom. The summed E-state index contributed by atoms with van der Waals surface area (Å²) in [5.74, 6) is 0.832. The highest BCUT2D eigenvalue weighted by molar-refractivity contribution is 5.95. The molecule has 0 radical (unpaired) electrons. The average Bonchev–Trinajstić information content (AvgIpc) is 3.36. The highest BCUT2D eigenvalue weighted by Gasteiger charge is 2.45. The van der Waals surface area contributed by atoms with Gasteiger partial charge in [0.15, 0.2) is 0 Å². The van der Waals surface area contributed by atoms with Gasteiger partial charge < -0.3 is 14.2 Å². The van der Waals surface area contributed by atoms with Crippen LogP contribution in [0.3, 0.4) is 0 Å². The van der Waals surface area contributed by atoms with Gasteiger partial charge in [-0.3, -0.25) is 9.59 Å². The van der Waals surface area contributed by atoms with Crippen LogP contribution < -0.4 is 0 Å². The zero-order valence-electron chi connectivity index (χ0n) is 14.2. The fourth-order valence-electron chi connectivity index (χ4n) is 4.53. The maximum Gasteiger partial charge on any atom is 0.254 e. The van der Waals surface area contributed by atoms with Gasteiger partial charge in [0.1, 0.15) is 5.65 Å². The van der Waals surface area contributed by atoms with Crippen molar-refractivity contribution >= 4 is 17.5 Å². The van der Waals surface area contributed by atoms with Crippen LogP contribution in [0.4, 0.5) is 0 Å². The number of fused-ring (bicyclic) bond motifs is 2. The molecule has 0 spiro atoms. The summed E-state index contributed by atoms with van der Waals surface area (Å²) < 4.78 is 1.91. The molecule has 1 aliphatic carbocycles. The summed E-state index contributed by atoms with van der Waals surface area (Å²) in [6.45, 7) is 1.50. The largest absolute Gasteiger partial charge is 0.338 e. The number of rotatable bonds is 2. The van der Waals surface area contributed by atoms with Crippen molar-refractivity contribution in [1.29, 1.82) is 0 Å². The standard InChI is InChI=1S/C19H22N4O2/c24-18-4-1-14-12-22(9-6-16(14)23(18)15-2-3-15)19(25)13-5-8-21-10-7-20-17(21)11-13/h5,7-8,10-11,14-16H,1-4,6,9,12H2/t14-,16+/m0/s1. The third-order valence-corrected chi connectivity index (χ3v) is 5.94. The third kappa shape index (κ3) is 2.51. The van der Waals surface area contributed by atoms with Gasteiger partial charge in [-0.1, -0.05) is 0 Å².